The molecule has 29 heavy (non-hydrogen) atoms. The van der Waals surface area contributed by atoms with Gasteiger partial charge >= 0.3 is 0 Å². The first-order valence-electron chi connectivity index (χ1n) is 9.75. The second-order valence-electron chi connectivity index (χ2n) is 7.68. The lowest BCUT2D eigenvalue weighted by Gasteiger charge is -2.19. The predicted molar refractivity (Wildman–Crippen MR) is 107 cm³/mol. The summed E-state index contributed by atoms with van der Waals surface area (Å²) < 4.78 is 28.2. The van der Waals surface area contributed by atoms with Gasteiger partial charge in [0.2, 0.25) is 11.8 Å². The summed E-state index contributed by atoms with van der Waals surface area (Å²) in [6.07, 6.45) is 4.96. The number of rotatable bonds is 5. The Labute approximate surface area is 170 Å². The number of hydrogen-bond donors (Lipinski definition) is 1. The minimum Gasteiger partial charge on any atom is -0.278 e. The molecule has 152 valence electrons. The quantitative estimate of drug-likeness (QED) is 0.761. The number of hydrogen-bond acceptors (Lipinski definition) is 5. The third kappa shape index (κ3) is 3.76. The maximum Gasteiger partial charge on any atom is 0.263 e. The first-order valence-corrected chi connectivity index (χ1v) is 11.2. The van der Waals surface area contributed by atoms with Crippen molar-refractivity contribution in [3.8, 4) is 0 Å². The van der Waals surface area contributed by atoms with Crippen molar-refractivity contribution < 1.29 is 18.0 Å². The summed E-state index contributed by atoms with van der Waals surface area (Å²) in [5.41, 5.74) is 1.18. The number of aromatic nitrogens is 1. The molecule has 1 aromatic carbocycles. The molecule has 2 atom stereocenters. The molecule has 8 heteroatoms. The number of benzene rings is 1. The van der Waals surface area contributed by atoms with Crippen molar-refractivity contribution in [1.29, 1.82) is 0 Å². The fourth-order valence-corrected chi connectivity index (χ4v) is 5.52. The van der Waals surface area contributed by atoms with Gasteiger partial charge in [0.25, 0.3) is 10.0 Å². The van der Waals surface area contributed by atoms with Crippen LogP contribution < -0.4 is 4.72 Å². The van der Waals surface area contributed by atoms with Gasteiger partial charge in [0.1, 0.15) is 5.82 Å². The van der Waals surface area contributed by atoms with Crippen LogP contribution in [0.2, 0.25) is 0 Å². The number of amides is 2. The van der Waals surface area contributed by atoms with Crippen molar-refractivity contribution in [2.75, 3.05) is 4.72 Å². The molecule has 1 saturated heterocycles. The second kappa shape index (κ2) is 7.59. The number of carbonyl (C=O) groups is 2. The van der Waals surface area contributed by atoms with Gasteiger partial charge in [-0.25, -0.2) is 13.4 Å². The van der Waals surface area contributed by atoms with Crippen molar-refractivity contribution in [3.63, 3.8) is 0 Å². The van der Waals surface area contributed by atoms with Gasteiger partial charge in [-0.1, -0.05) is 31.0 Å². The molecule has 1 N–H and O–H groups in total. The van der Waals surface area contributed by atoms with Crippen LogP contribution in [-0.4, -0.2) is 30.1 Å². The number of aryl methyl sites for hydroxylation is 1. The summed E-state index contributed by atoms with van der Waals surface area (Å²) in [4.78, 5) is 30.8. The van der Waals surface area contributed by atoms with Crippen LogP contribution in [0.3, 0.4) is 0 Å². The standard InChI is InChI=1S/C21H23N3O4S/c1-14-9-10-15(12-18(14)29(27,28)23-19-8-4-5-11-22-19)13-24-20(25)16-6-2-3-7-17(16)21(24)26/h4-5,8-12,16-17H,2-3,6-7,13H2,1H3,(H,22,23)/t16-,17+. The molecule has 2 heterocycles. The third-order valence-corrected chi connectivity index (χ3v) is 7.22. The van der Waals surface area contributed by atoms with Crippen LogP contribution in [0, 0.1) is 18.8 Å². The van der Waals surface area contributed by atoms with Gasteiger partial charge < -0.3 is 0 Å². The van der Waals surface area contributed by atoms with Gasteiger partial charge in [0.05, 0.1) is 23.3 Å². The number of fused-ring (bicyclic) bond motifs is 1. The number of carbonyl (C=O) groups excluding carboxylic acids is 2. The van der Waals surface area contributed by atoms with E-state index in [-0.39, 0.29) is 40.9 Å². The Morgan fingerprint density at radius 3 is 2.38 bits per heavy atom. The van der Waals surface area contributed by atoms with Crippen LogP contribution >= 0.6 is 0 Å². The zero-order valence-corrected chi connectivity index (χ0v) is 17.0. The predicted octanol–water partition coefficient (Wildman–Crippen LogP) is 2.87. The molecule has 1 aromatic heterocycles. The van der Waals surface area contributed by atoms with Crippen molar-refractivity contribution in [2.24, 2.45) is 11.8 Å². The average molecular weight is 413 g/mol. The Hall–Kier alpha value is -2.74. The van der Waals surface area contributed by atoms with Crippen LogP contribution in [0.25, 0.3) is 0 Å². The van der Waals surface area contributed by atoms with E-state index in [9.17, 15) is 18.0 Å². The average Bonchev–Trinajstić information content (AvgIpc) is 2.95. The molecule has 2 fully saturated rings. The van der Waals surface area contributed by atoms with E-state index in [1.165, 1.54) is 17.2 Å². The number of pyridine rings is 1. The van der Waals surface area contributed by atoms with Gasteiger partial charge in [-0.3, -0.25) is 19.2 Å². The Morgan fingerprint density at radius 1 is 1.07 bits per heavy atom. The highest BCUT2D eigenvalue weighted by Crippen LogP contribution is 2.38. The molecule has 0 bridgehead atoms. The van der Waals surface area contributed by atoms with Gasteiger partial charge in [-0.05, 0) is 49.1 Å². The number of anilines is 1. The molecular formula is C21H23N3O4S. The summed E-state index contributed by atoms with van der Waals surface area (Å²) in [7, 11) is -3.85. The van der Waals surface area contributed by atoms with E-state index in [1.54, 1.807) is 37.3 Å². The minimum atomic E-state index is -3.85. The largest absolute Gasteiger partial charge is 0.278 e. The lowest BCUT2D eigenvalue weighted by Crippen LogP contribution is -2.30. The maximum atomic E-state index is 12.8. The Bertz CT molecular complexity index is 1030. The van der Waals surface area contributed by atoms with E-state index >= 15 is 0 Å². The Balaban J connectivity index is 1.59. The molecule has 0 spiro atoms. The van der Waals surface area contributed by atoms with E-state index in [1.807, 2.05) is 0 Å². The monoisotopic (exact) mass is 413 g/mol. The molecule has 0 radical (unpaired) electrons. The summed E-state index contributed by atoms with van der Waals surface area (Å²) in [6, 6.07) is 9.95. The number of nitrogens with zero attached hydrogens (tertiary/aromatic N) is 2. The first kappa shape index (κ1) is 19.6. The molecular weight excluding hydrogens is 390 g/mol. The second-order valence-corrected chi connectivity index (χ2v) is 9.33. The summed E-state index contributed by atoms with van der Waals surface area (Å²) in [5, 5.41) is 0. The van der Waals surface area contributed by atoms with Crippen LogP contribution in [0.1, 0.15) is 36.8 Å². The van der Waals surface area contributed by atoms with E-state index in [4.69, 9.17) is 0 Å². The van der Waals surface area contributed by atoms with Gasteiger partial charge in [0, 0.05) is 6.20 Å². The normalized spacial score (nSPS) is 21.9. The van der Waals surface area contributed by atoms with Gasteiger partial charge in [-0.15, -0.1) is 0 Å². The Kier molecular flexibility index (Phi) is 5.12. The van der Waals surface area contributed by atoms with Gasteiger partial charge in [-0.2, -0.15) is 0 Å². The first-order chi connectivity index (χ1) is 13.9. The van der Waals surface area contributed by atoms with Crippen LogP contribution in [0.15, 0.2) is 47.5 Å². The maximum absolute atomic E-state index is 12.8. The van der Waals surface area contributed by atoms with E-state index in [0.29, 0.717) is 11.1 Å². The molecule has 7 nitrogen and oxygen atoms in total. The van der Waals surface area contributed by atoms with Crippen LogP contribution in [0.5, 0.6) is 0 Å². The minimum absolute atomic E-state index is 0.0943. The number of sulfonamides is 1. The molecule has 4 rings (SSSR count). The lowest BCUT2D eigenvalue weighted by molar-refractivity contribution is -0.140. The zero-order valence-electron chi connectivity index (χ0n) is 16.2. The molecule has 2 aliphatic rings. The van der Waals surface area contributed by atoms with Crippen molar-refractivity contribution in [3.05, 3.63) is 53.7 Å². The smallest absolute Gasteiger partial charge is 0.263 e. The SMILES string of the molecule is Cc1ccc(CN2C(=O)[C@H]3CCCC[C@H]3C2=O)cc1S(=O)(=O)Nc1ccccn1. The van der Waals surface area contributed by atoms with Crippen LogP contribution in [-0.2, 0) is 26.2 Å². The van der Waals surface area contributed by atoms with Gasteiger partial charge in [0.15, 0.2) is 0 Å². The third-order valence-electron chi connectivity index (χ3n) is 5.72. The summed E-state index contributed by atoms with van der Waals surface area (Å²) in [6.45, 7) is 1.80. The number of imide groups is 1. The number of nitrogens with one attached hydrogen (secondary N) is 1. The molecule has 1 saturated carbocycles. The zero-order chi connectivity index (χ0) is 20.6. The van der Waals surface area contributed by atoms with Crippen molar-refractivity contribution >= 4 is 27.7 Å². The summed E-state index contributed by atoms with van der Waals surface area (Å²) in [5.74, 6) is -0.453. The molecule has 1 aliphatic heterocycles. The highest BCUT2D eigenvalue weighted by atomic mass is 32.2. The Morgan fingerprint density at radius 2 is 1.76 bits per heavy atom. The number of likely N-dealkylation sites (tertiary alicyclic amines) is 1. The van der Waals surface area contributed by atoms with E-state index < -0.39 is 10.0 Å². The molecule has 2 aromatic rings. The van der Waals surface area contributed by atoms with Crippen molar-refractivity contribution in [2.45, 2.75) is 44.0 Å². The molecule has 2 amide bonds. The van der Waals surface area contributed by atoms with Crippen LogP contribution in [0.4, 0.5) is 5.82 Å². The molecule has 1 aliphatic carbocycles. The lowest BCUT2D eigenvalue weighted by atomic mass is 9.81. The van der Waals surface area contributed by atoms with E-state index in [0.717, 1.165) is 25.7 Å². The fraction of sp³-hybridized carbons (Fsp3) is 0.381. The highest BCUT2D eigenvalue weighted by Gasteiger charge is 2.47. The highest BCUT2D eigenvalue weighted by molar-refractivity contribution is 7.92. The topological polar surface area (TPSA) is 96.4 Å². The molecule has 0 unspecified atom stereocenters. The summed E-state index contributed by atoms with van der Waals surface area (Å²) >= 11 is 0. The van der Waals surface area contributed by atoms with E-state index in [2.05, 4.69) is 9.71 Å². The fourth-order valence-electron chi connectivity index (χ4n) is 4.22. The van der Waals surface area contributed by atoms with Crippen molar-refractivity contribution in [1.82, 2.24) is 9.88 Å².